The van der Waals surface area contributed by atoms with Crippen molar-refractivity contribution in [2.75, 3.05) is 20.8 Å². The van der Waals surface area contributed by atoms with Gasteiger partial charge in [-0.15, -0.1) is 11.6 Å². The molecule has 1 unspecified atom stereocenters. The largest absolute Gasteiger partial charge is 0.493 e. The van der Waals surface area contributed by atoms with Crippen molar-refractivity contribution in [1.82, 2.24) is 0 Å². The Kier molecular flexibility index (Phi) is 6.61. The molecule has 1 aromatic rings. The lowest BCUT2D eigenvalue weighted by molar-refractivity contribution is 0.133. The van der Waals surface area contributed by atoms with Crippen molar-refractivity contribution >= 4 is 23.2 Å². The second-order valence-corrected chi connectivity index (χ2v) is 4.63. The van der Waals surface area contributed by atoms with Crippen LogP contribution in [0.4, 0.5) is 0 Å². The molecule has 0 aliphatic heterocycles. The van der Waals surface area contributed by atoms with Gasteiger partial charge in [-0.05, 0) is 24.6 Å². The highest BCUT2D eigenvalue weighted by Crippen LogP contribution is 2.37. The first kappa shape index (κ1) is 15.4. The van der Waals surface area contributed by atoms with E-state index < -0.39 is 0 Å². The molecule has 0 heterocycles. The fraction of sp³-hybridized carbons (Fsp3) is 0.538. The van der Waals surface area contributed by atoms with Gasteiger partial charge in [0.1, 0.15) is 0 Å². The van der Waals surface area contributed by atoms with Crippen LogP contribution in [0.3, 0.4) is 0 Å². The summed E-state index contributed by atoms with van der Waals surface area (Å²) < 4.78 is 16.1. The van der Waals surface area contributed by atoms with Crippen molar-refractivity contribution < 1.29 is 14.2 Å². The summed E-state index contributed by atoms with van der Waals surface area (Å²) in [5.41, 5.74) is 0.899. The van der Waals surface area contributed by atoms with Crippen molar-refractivity contribution in [2.45, 2.75) is 25.3 Å². The van der Waals surface area contributed by atoms with E-state index in [0.717, 1.165) is 12.0 Å². The topological polar surface area (TPSA) is 27.7 Å². The molecule has 102 valence electrons. The van der Waals surface area contributed by atoms with Crippen molar-refractivity contribution in [3.05, 3.63) is 22.7 Å². The van der Waals surface area contributed by atoms with E-state index in [2.05, 4.69) is 0 Å². The summed E-state index contributed by atoms with van der Waals surface area (Å²) in [6, 6.07) is 3.62. The first-order chi connectivity index (χ1) is 8.62. The lowest BCUT2D eigenvalue weighted by atomic mass is 10.2. The van der Waals surface area contributed by atoms with Crippen molar-refractivity contribution in [3.63, 3.8) is 0 Å². The van der Waals surface area contributed by atoms with Crippen LogP contribution in [0.2, 0.25) is 5.02 Å². The predicted molar refractivity (Wildman–Crippen MR) is 74.1 cm³/mol. The van der Waals surface area contributed by atoms with Crippen molar-refractivity contribution in [3.8, 4) is 11.5 Å². The zero-order chi connectivity index (χ0) is 13.5. The number of hydrogen-bond donors (Lipinski definition) is 0. The van der Waals surface area contributed by atoms with Crippen LogP contribution in [0.15, 0.2) is 12.1 Å². The van der Waals surface area contributed by atoms with E-state index in [4.69, 9.17) is 37.4 Å². The molecule has 0 aliphatic rings. The monoisotopic (exact) mass is 292 g/mol. The molecule has 0 aliphatic carbocycles. The van der Waals surface area contributed by atoms with Crippen molar-refractivity contribution in [1.29, 1.82) is 0 Å². The highest BCUT2D eigenvalue weighted by Gasteiger charge is 2.14. The van der Waals surface area contributed by atoms with Gasteiger partial charge >= 0.3 is 0 Å². The van der Waals surface area contributed by atoms with Crippen molar-refractivity contribution in [2.24, 2.45) is 0 Å². The van der Waals surface area contributed by atoms with Gasteiger partial charge in [-0.1, -0.05) is 11.6 Å². The highest BCUT2D eigenvalue weighted by molar-refractivity contribution is 6.32. The smallest absolute Gasteiger partial charge is 0.180 e. The second kappa shape index (κ2) is 7.72. The second-order valence-electron chi connectivity index (χ2n) is 3.95. The van der Waals surface area contributed by atoms with E-state index in [-0.39, 0.29) is 6.10 Å². The van der Waals surface area contributed by atoms with Gasteiger partial charge in [-0.25, -0.2) is 0 Å². The Morgan fingerprint density at radius 2 is 2.00 bits per heavy atom. The van der Waals surface area contributed by atoms with E-state index in [1.807, 2.05) is 13.0 Å². The van der Waals surface area contributed by atoms with Crippen LogP contribution in [-0.4, -0.2) is 26.9 Å². The van der Waals surface area contributed by atoms with Gasteiger partial charge < -0.3 is 14.2 Å². The molecule has 1 atom stereocenters. The molecular weight excluding hydrogens is 275 g/mol. The lowest BCUT2D eigenvalue weighted by Crippen LogP contribution is -2.15. The minimum atomic E-state index is -0.00167. The van der Waals surface area contributed by atoms with Gasteiger partial charge in [0.05, 0.1) is 18.2 Å². The third-order valence-corrected chi connectivity index (χ3v) is 3.08. The van der Waals surface area contributed by atoms with Gasteiger partial charge in [-0.3, -0.25) is 0 Å². The molecule has 0 saturated heterocycles. The molecule has 0 N–H and O–H groups in total. The Hall–Kier alpha value is -0.640. The molecule has 0 bridgehead atoms. The van der Waals surface area contributed by atoms with Crippen LogP contribution in [-0.2, 0) is 10.6 Å². The number of halogens is 2. The Labute approximate surface area is 118 Å². The molecule has 0 aromatic heterocycles. The minimum Gasteiger partial charge on any atom is -0.493 e. The molecule has 1 rings (SSSR count). The molecule has 1 aromatic carbocycles. The zero-order valence-electron chi connectivity index (χ0n) is 10.8. The standard InChI is InChI=1S/C13H18Cl2O3/c1-9(4-5-16-2)18-13-11(15)6-10(8-14)7-12(13)17-3/h6-7,9H,4-5,8H2,1-3H3. The Morgan fingerprint density at radius 1 is 1.28 bits per heavy atom. The summed E-state index contributed by atoms with van der Waals surface area (Å²) in [6.07, 6.45) is 0.783. The van der Waals surface area contributed by atoms with Crippen LogP contribution in [0.1, 0.15) is 18.9 Å². The number of benzene rings is 1. The Balaban J connectivity index is 2.86. The Morgan fingerprint density at radius 3 is 2.56 bits per heavy atom. The first-order valence-electron chi connectivity index (χ1n) is 5.70. The fourth-order valence-corrected chi connectivity index (χ4v) is 1.94. The lowest BCUT2D eigenvalue weighted by Gasteiger charge is -2.18. The van der Waals surface area contributed by atoms with E-state index in [1.54, 1.807) is 20.3 Å². The third kappa shape index (κ3) is 4.23. The number of methoxy groups -OCH3 is 2. The summed E-state index contributed by atoms with van der Waals surface area (Å²) in [5.74, 6) is 1.54. The van der Waals surface area contributed by atoms with Crippen LogP contribution < -0.4 is 9.47 Å². The van der Waals surface area contributed by atoms with Gasteiger partial charge in [0.25, 0.3) is 0 Å². The van der Waals surface area contributed by atoms with Crippen LogP contribution in [0, 0.1) is 0 Å². The molecule has 0 saturated carbocycles. The number of rotatable bonds is 7. The zero-order valence-corrected chi connectivity index (χ0v) is 12.3. The molecular formula is C13H18Cl2O3. The summed E-state index contributed by atoms with van der Waals surface area (Å²) in [5, 5.41) is 0.509. The average Bonchev–Trinajstić information content (AvgIpc) is 2.38. The quantitative estimate of drug-likeness (QED) is 0.714. The maximum atomic E-state index is 6.18. The summed E-state index contributed by atoms with van der Waals surface area (Å²) in [6.45, 7) is 2.60. The van der Waals surface area contributed by atoms with Gasteiger partial charge in [0.15, 0.2) is 11.5 Å². The van der Waals surface area contributed by atoms with Gasteiger partial charge in [-0.2, -0.15) is 0 Å². The SMILES string of the molecule is COCCC(C)Oc1c(Cl)cc(CCl)cc1OC. The number of alkyl halides is 1. The van der Waals surface area contributed by atoms with Crippen LogP contribution >= 0.6 is 23.2 Å². The molecule has 0 spiro atoms. The Bertz CT molecular complexity index is 383. The van der Waals surface area contributed by atoms with Crippen LogP contribution in [0.5, 0.6) is 11.5 Å². The minimum absolute atomic E-state index is 0.00167. The average molecular weight is 293 g/mol. The summed E-state index contributed by atoms with van der Waals surface area (Å²) in [7, 11) is 3.24. The van der Waals surface area contributed by atoms with Crippen LogP contribution in [0.25, 0.3) is 0 Å². The van der Waals surface area contributed by atoms with E-state index in [9.17, 15) is 0 Å². The first-order valence-corrected chi connectivity index (χ1v) is 6.61. The molecule has 0 radical (unpaired) electrons. The molecule has 18 heavy (non-hydrogen) atoms. The highest BCUT2D eigenvalue weighted by atomic mass is 35.5. The maximum Gasteiger partial charge on any atom is 0.180 e. The third-order valence-electron chi connectivity index (χ3n) is 2.49. The van der Waals surface area contributed by atoms with Gasteiger partial charge in [0.2, 0.25) is 0 Å². The summed E-state index contributed by atoms with van der Waals surface area (Å²) >= 11 is 12.0. The normalized spacial score (nSPS) is 12.3. The van der Waals surface area contributed by atoms with E-state index in [0.29, 0.717) is 29.0 Å². The summed E-state index contributed by atoms with van der Waals surface area (Å²) in [4.78, 5) is 0. The molecule has 0 amide bonds. The predicted octanol–water partition coefficient (Wildman–Crippen LogP) is 3.89. The van der Waals surface area contributed by atoms with E-state index in [1.165, 1.54) is 0 Å². The molecule has 0 fully saturated rings. The molecule has 3 nitrogen and oxygen atoms in total. The maximum absolute atomic E-state index is 6.18. The van der Waals surface area contributed by atoms with Gasteiger partial charge in [0, 0.05) is 26.0 Å². The number of hydrogen-bond acceptors (Lipinski definition) is 3. The fourth-order valence-electron chi connectivity index (χ4n) is 1.51. The molecule has 5 heteroatoms. The van der Waals surface area contributed by atoms with E-state index >= 15 is 0 Å². The number of ether oxygens (including phenoxy) is 3.